The Morgan fingerprint density at radius 2 is 1.92 bits per heavy atom. The van der Waals surface area contributed by atoms with Crippen molar-refractivity contribution < 1.29 is 9.18 Å². The molecule has 0 saturated carbocycles. The minimum absolute atomic E-state index is 0. The smallest absolute Gasteiger partial charge is 0.256 e. The number of likely N-dealkylation sites (N-methyl/N-ethyl adjacent to an activating group) is 1. The molecule has 5 nitrogen and oxygen atoms in total. The van der Waals surface area contributed by atoms with Gasteiger partial charge in [-0.05, 0) is 32.9 Å². The van der Waals surface area contributed by atoms with Gasteiger partial charge in [-0.2, -0.15) is 0 Å². The summed E-state index contributed by atoms with van der Waals surface area (Å²) in [5.74, 6) is -0.679. The zero-order chi connectivity index (χ0) is 15.9. The van der Waals surface area contributed by atoms with Crippen LogP contribution >= 0.6 is 24.8 Å². The first-order valence-corrected chi connectivity index (χ1v) is 7.39. The van der Waals surface area contributed by atoms with Crippen molar-refractivity contribution in [3.63, 3.8) is 0 Å². The van der Waals surface area contributed by atoms with Crippen molar-refractivity contribution in [3.05, 3.63) is 34.9 Å². The molecule has 0 spiro atoms. The van der Waals surface area contributed by atoms with Gasteiger partial charge in [0.1, 0.15) is 11.3 Å². The van der Waals surface area contributed by atoms with Crippen LogP contribution in [0.1, 0.15) is 28.2 Å². The Hall–Kier alpha value is -1.50. The maximum atomic E-state index is 13.9. The van der Waals surface area contributed by atoms with Crippen LogP contribution in [0.3, 0.4) is 0 Å². The number of rotatable bonds is 2. The van der Waals surface area contributed by atoms with E-state index in [2.05, 4.69) is 15.3 Å². The molecule has 1 aliphatic heterocycles. The fourth-order valence-electron chi connectivity index (χ4n) is 2.79. The van der Waals surface area contributed by atoms with Gasteiger partial charge in [0.15, 0.2) is 0 Å². The average molecular weight is 375 g/mol. The maximum Gasteiger partial charge on any atom is 0.256 e. The molecule has 1 N–H and O–H groups in total. The van der Waals surface area contributed by atoms with Gasteiger partial charge in [0, 0.05) is 25.7 Å². The number of hydrogen-bond donors (Lipinski definition) is 1. The van der Waals surface area contributed by atoms with Gasteiger partial charge in [0.2, 0.25) is 0 Å². The minimum atomic E-state index is -0.466. The average Bonchev–Trinajstić information content (AvgIpc) is 3.01. The number of amides is 1. The molecule has 1 aromatic heterocycles. The third-order valence-electron chi connectivity index (χ3n) is 4.28. The summed E-state index contributed by atoms with van der Waals surface area (Å²) < 4.78 is 13.9. The quantitative estimate of drug-likeness (QED) is 0.877. The molecular weight excluding hydrogens is 354 g/mol. The molecule has 0 aliphatic carbocycles. The molecule has 0 bridgehead atoms. The minimum Gasteiger partial charge on any atom is -0.337 e. The first-order valence-electron chi connectivity index (χ1n) is 7.39. The summed E-state index contributed by atoms with van der Waals surface area (Å²) in [5, 5.41) is 3.23. The molecule has 2 heterocycles. The van der Waals surface area contributed by atoms with Crippen molar-refractivity contribution >= 4 is 41.8 Å². The molecule has 0 radical (unpaired) electrons. The topological polar surface area (TPSA) is 58.1 Å². The maximum absolute atomic E-state index is 13.9. The number of aromatic nitrogens is 2. The summed E-state index contributed by atoms with van der Waals surface area (Å²) in [7, 11) is 1.76. The molecule has 1 aliphatic rings. The van der Waals surface area contributed by atoms with Crippen LogP contribution in [0.4, 0.5) is 4.39 Å². The molecule has 1 fully saturated rings. The van der Waals surface area contributed by atoms with E-state index < -0.39 is 5.82 Å². The molecule has 1 aromatic carbocycles. The number of hydrogen-bond acceptors (Lipinski definition) is 4. The number of halogens is 3. The van der Waals surface area contributed by atoms with E-state index >= 15 is 0 Å². The summed E-state index contributed by atoms with van der Waals surface area (Å²) in [4.78, 5) is 23.2. The second-order valence-corrected chi connectivity index (χ2v) is 5.78. The van der Waals surface area contributed by atoms with E-state index in [9.17, 15) is 9.18 Å². The summed E-state index contributed by atoms with van der Waals surface area (Å²) in [6.07, 6.45) is 0.902. The van der Waals surface area contributed by atoms with Crippen LogP contribution < -0.4 is 5.32 Å². The highest BCUT2D eigenvalue weighted by Gasteiger charge is 2.26. The Morgan fingerprint density at radius 3 is 2.54 bits per heavy atom. The van der Waals surface area contributed by atoms with Gasteiger partial charge in [0.05, 0.1) is 22.5 Å². The van der Waals surface area contributed by atoms with E-state index in [1.54, 1.807) is 11.9 Å². The van der Waals surface area contributed by atoms with Crippen molar-refractivity contribution in [2.75, 3.05) is 20.1 Å². The third-order valence-corrected chi connectivity index (χ3v) is 4.28. The van der Waals surface area contributed by atoms with Crippen LogP contribution in [0, 0.1) is 19.7 Å². The van der Waals surface area contributed by atoms with Crippen molar-refractivity contribution in [1.29, 1.82) is 0 Å². The van der Waals surface area contributed by atoms with Crippen LogP contribution in [-0.2, 0) is 0 Å². The summed E-state index contributed by atoms with van der Waals surface area (Å²) in [6.45, 7) is 5.32. The molecule has 3 rings (SSSR count). The van der Waals surface area contributed by atoms with Gasteiger partial charge in [-0.15, -0.1) is 24.8 Å². The number of aryl methyl sites for hydroxylation is 2. The number of nitrogens with zero attached hydrogens (tertiary/aromatic N) is 3. The lowest BCUT2D eigenvalue weighted by Gasteiger charge is -2.24. The first kappa shape index (κ1) is 20.5. The lowest BCUT2D eigenvalue weighted by atomic mass is 10.1. The Morgan fingerprint density at radius 1 is 1.25 bits per heavy atom. The van der Waals surface area contributed by atoms with E-state index in [1.165, 1.54) is 12.1 Å². The third kappa shape index (κ3) is 3.77. The molecule has 1 saturated heterocycles. The van der Waals surface area contributed by atoms with E-state index in [0.29, 0.717) is 11.0 Å². The molecule has 132 valence electrons. The molecular formula is C16H21Cl2FN4O. The largest absolute Gasteiger partial charge is 0.337 e. The van der Waals surface area contributed by atoms with Crippen LogP contribution in [-0.4, -0.2) is 47.0 Å². The molecule has 1 amide bonds. The lowest BCUT2D eigenvalue weighted by molar-refractivity contribution is 0.0745. The van der Waals surface area contributed by atoms with E-state index in [-0.39, 0.29) is 42.3 Å². The summed E-state index contributed by atoms with van der Waals surface area (Å²) in [5.41, 5.74) is 2.65. The van der Waals surface area contributed by atoms with E-state index in [4.69, 9.17) is 0 Å². The van der Waals surface area contributed by atoms with Crippen LogP contribution in [0.2, 0.25) is 0 Å². The molecule has 24 heavy (non-hydrogen) atoms. The SMILES string of the molecule is Cc1nc2cc(F)cc(C(=O)N(C)C3CCNC3)c2nc1C.Cl.Cl. The van der Waals surface area contributed by atoms with Gasteiger partial charge < -0.3 is 10.2 Å². The predicted octanol–water partition coefficient (Wildman–Crippen LogP) is 2.66. The molecule has 8 heteroatoms. The Kier molecular flexibility index (Phi) is 6.89. The van der Waals surface area contributed by atoms with Crippen LogP contribution in [0.5, 0.6) is 0 Å². The standard InChI is InChI=1S/C16H19FN4O.2ClH/c1-9-10(2)20-15-13(6-11(17)7-14(15)19-9)16(22)21(3)12-4-5-18-8-12;;/h6-7,12,18H,4-5,8H2,1-3H3;2*1H. The number of benzene rings is 1. The Bertz CT molecular complexity index is 750. The van der Waals surface area contributed by atoms with Gasteiger partial charge in [-0.3, -0.25) is 4.79 Å². The van der Waals surface area contributed by atoms with E-state index in [0.717, 1.165) is 30.9 Å². The van der Waals surface area contributed by atoms with Crippen LogP contribution in [0.15, 0.2) is 12.1 Å². The second-order valence-electron chi connectivity index (χ2n) is 5.78. The van der Waals surface area contributed by atoms with Crippen molar-refractivity contribution in [2.45, 2.75) is 26.3 Å². The Labute approximate surface area is 152 Å². The van der Waals surface area contributed by atoms with Crippen LogP contribution in [0.25, 0.3) is 11.0 Å². The van der Waals surface area contributed by atoms with Gasteiger partial charge in [-0.25, -0.2) is 14.4 Å². The fourth-order valence-corrected chi connectivity index (χ4v) is 2.79. The first-order chi connectivity index (χ1) is 10.5. The molecule has 1 atom stereocenters. The Balaban J connectivity index is 0.00000144. The molecule has 2 aromatic rings. The highest BCUT2D eigenvalue weighted by Crippen LogP contribution is 2.21. The monoisotopic (exact) mass is 374 g/mol. The number of carbonyl (C=O) groups is 1. The van der Waals surface area contributed by atoms with Crippen molar-refractivity contribution in [3.8, 4) is 0 Å². The number of carbonyl (C=O) groups excluding carboxylic acids is 1. The molecule has 1 unspecified atom stereocenters. The lowest BCUT2D eigenvalue weighted by Crippen LogP contribution is -2.38. The number of fused-ring (bicyclic) bond motifs is 1. The second kappa shape index (κ2) is 8.05. The predicted molar refractivity (Wildman–Crippen MR) is 96.8 cm³/mol. The zero-order valence-electron chi connectivity index (χ0n) is 13.8. The highest BCUT2D eigenvalue weighted by atomic mass is 35.5. The van der Waals surface area contributed by atoms with E-state index in [1.807, 2.05) is 13.8 Å². The van der Waals surface area contributed by atoms with Crippen molar-refractivity contribution in [1.82, 2.24) is 20.2 Å². The fraction of sp³-hybridized carbons (Fsp3) is 0.438. The summed E-state index contributed by atoms with van der Waals surface area (Å²) >= 11 is 0. The number of nitrogens with one attached hydrogen (secondary N) is 1. The van der Waals surface area contributed by atoms with Gasteiger partial charge in [0.25, 0.3) is 5.91 Å². The van der Waals surface area contributed by atoms with Gasteiger partial charge in [-0.1, -0.05) is 0 Å². The van der Waals surface area contributed by atoms with Crippen molar-refractivity contribution in [2.24, 2.45) is 0 Å². The zero-order valence-corrected chi connectivity index (χ0v) is 15.4. The highest BCUT2D eigenvalue weighted by molar-refractivity contribution is 6.04. The normalized spacial score (nSPS) is 16.4. The summed E-state index contributed by atoms with van der Waals surface area (Å²) in [6, 6.07) is 2.71. The van der Waals surface area contributed by atoms with Gasteiger partial charge >= 0.3 is 0 Å².